The van der Waals surface area contributed by atoms with Crippen LogP contribution in [0.3, 0.4) is 0 Å². The van der Waals surface area contributed by atoms with Crippen molar-refractivity contribution in [3.8, 4) is 22.9 Å². The van der Waals surface area contributed by atoms with Gasteiger partial charge < -0.3 is 4.42 Å². The molecule has 0 saturated carbocycles. The lowest BCUT2D eigenvalue weighted by molar-refractivity contribution is -0.385. The quantitative estimate of drug-likeness (QED) is 0.328. The zero-order valence-corrected chi connectivity index (χ0v) is 15.0. The normalized spacial score (nSPS) is 10.7. The van der Waals surface area contributed by atoms with Crippen molar-refractivity contribution in [2.75, 3.05) is 0 Å². The summed E-state index contributed by atoms with van der Waals surface area (Å²) in [6.45, 7) is 0. The minimum absolute atomic E-state index is 0.0105. The number of non-ortho nitro benzene ring substituents is 2. The molecule has 3 aromatic rings. The number of hydrogen-bond acceptors (Lipinski definition) is 7. The van der Waals surface area contributed by atoms with Gasteiger partial charge in [-0.2, -0.15) is 0 Å². The Kier molecular flexibility index (Phi) is 5.33. The van der Waals surface area contributed by atoms with Crippen LogP contribution in [0.2, 0.25) is 0 Å². The van der Waals surface area contributed by atoms with Crippen LogP contribution >= 0.6 is 23.2 Å². The molecule has 1 aromatic heterocycles. The van der Waals surface area contributed by atoms with Gasteiger partial charge >= 0.3 is 0 Å². The third-order valence-corrected chi connectivity index (χ3v) is 4.36. The van der Waals surface area contributed by atoms with Gasteiger partial charge in [0.15, 0.2) is 0 Å². The fourth-order valence-electron chi connectivity index (χ4n) is 2.43. The second-order valence-corrected chi connectivity index (χ2v) is 5.91. The average Bonchev–Trinajstić information content (AvgIpc) is 3.16. The number of nitro groups is 2. The fourth-order valence-corrected chi connectivity index (χ4v) is 2.89. The van der Waals surface area contributed by atoms with E-state index in [1.54, 1.807) is 0 Å². The van der Waals surface area contributed by atoms with Crippen molar-refractivity contribution >= 4 is 34.6 Å². The monoisotopic (exact) mass is 408 g/mol. The average molecular weight is 409 g/mol. The summed E-state index contributed by atoms with van der Waals surface area (Å²) >= 11 is 11.8. The summed E-state index contributed by atoms with van der Waals surface area (Å²) in [7, 11) is 0. The van der Waals surface area contributed by atoms with Crippen LogP contribution in [0.1, 0.15) is 11.1 Å². The van der Waals surface area contributed by atoms with Crippen molar-refractivity contribution in [2.24, 2.45) is 0 Å². The molecule has 0 unspecified atom stereocenters. The highest BCUT2D eigenvalue weighted by molar-refractivity contribution is 6.17. The van der Waals surface area contributed by atoms with Gasteiger partial charge in [-0.25, -0.2) is 0 Å². The zero-order chi connectivity index (χ0) is 19.6. The number of nitro benzene ring substituents is 2. The highest BCUT2D eigenvalue weighted by Crippen LogP contribution is 2.33. The topological polar surface area (TPSA) is 125 Å². The first kappa shape index (κ1) is 18.7. The molecule has 0 N–H and O–H groups in total. The SMILES string of the molecule is O=[N+]([O-])c1ccc(CCl)c(-c2nnc(-c3cc([N+](=O)[O-])ccc3CCl)o2)c1. The fraction of sp³-hybridized carbons (Fsp3) is 0.125. The Morgan fingerprint density at radius 2 is 1.22 bits per heavy atom. The molecule has 0 aliphatic rings. The smallest absolute Gasteiger partial charge is 0.270 e. The molecule has 0 radical (unpaired) electrons. The predicted octanol–water partition coefficient (Wildman–Crippen LogP) is 4.70. The van der Waals surface area contributed by atoms with E-state index in [0.717, 1.165) is 0 Å². The van der Waals surface area contributed by atoms with Gasteiger partial charge in [0, 0.05) is 36.0 Å². The van der Waals surface area contributed by atoms with Crippen molar-refractivity contribution in [1.29, 1.82) is 0 Å². The second-order valence-electron chi connectivity index (χ2n) is 5.38. The summed E-state index contributed by atoms with van der Waals surface area (Å²) < 4.78 is 5.63. The van der Waals surface area contributed by atoms with Gasteiger partial charge in [0.25, 0.3) is 11.4 Å². The van der Waals surface area contributed by atoms with E-state index in [1.165, 1.54) is 36.4 Å². The van der Waals surface area contributed by atoms with Gasteiger partial charge in [0.1, 0.15) is 0 Å². The molecule has 2 aromatic carbocycles. The third-order valence-electron chi connectivity index (χ3n) is 3.78. The summed E-state index contributed by atoms with van der Waals surface area (Å²) in [5.74, 6) is 0.177. The van der Waals surface area contributed by atoms with E-state index in [9.17, 15) is 20.2 Å². The van der Waals surface area contributed by atoms with Crippen LogP contribution in [0.25, 0.3) is 22.9 Å². The molecule has 0 fully saturated rings. The van der Waals surface area contributed by atoms with E-state index in [-0.39, 0.29) is 34.9 Å². The first-order chi connectivity index (χ1) is 12.9. The van der Waals surface area contributed by atoms with E-state index in [4.69, 9.17) is 27.6 Å². The van der Waals surface area contributed by atoms with Crippen LogP contribution in [-0.2, 0) is 11.8 Å². The molecule has 0 aliphatic carbocycles. The van der Waals surface area contributed by atoms with Crippen LogP contribution < -0.4 is 0 Å². The first-order valence-corrected chi connectivity index (χ1v) is 8.52. The Hall–Kier alpha value is -3.04. The number of aromatic nitrogens is 2. The summed E-state index contributed by atoms with van der Waals surface area (Å²) in [6.07, 6.45) is 0. The van der Waals surface area contributed by atoms with Crippen LogP contribution in [0.15, 0.2) is 40.8 Å². The first-order valence-electron chi connectivity index (χ1n) is 7.45. The molecule has 0 atom stereocenters. The van der Waals surface area contributed by atoms with Crippen molar-refractivity contribution in [1.82, 2.24) is 10.2 Å². The van der Waals surface area contributed by atoms with Crippen molar-refractivity contribution in [3.05, 3.63) is 67.8 Å². The minimum atomic E-state index is -0.551. The summed E-state index contributed by atoms with van der Waals surface area (Å²) in [6, 6.07) is 8.22. The molecular weight excluding hydrogens is 399 g/mol. The van der Waals surface area contributed by atoms with Crippen molar-refractivity contribution < 1.29 is 14.3 Å². The molecule has 11 heteroatoms. The Bertz CT molecular complexity index is 957. The van der Waals surface area contributed by atoms with E-state index >= 15 is 0 Å². The van der Waals surface area contributed by atoms with Crippen molar-refractivity contribution in [3.63, 3.8) is 0 Å². The van der Waals surface area contributed by atoms with Gasteiger partial charge in [0.05, 0.1) is 21.0 Å². The van der Waals surface area contributed by atoms with Crippen LogP contribution in [0.4, 0.5) is 11.4 Å². The molecule has 0 saturated heterocycles. The van der Waals surface area contributed by atoms with E-state index in [0.29, 0.717) is 22.3 Å². The Morgan fingerprint density at radius 1 is 0.815 bits per heavy atom. The summed E-state index contributed by atoms with van der Waals surface area (Å²) in [5.41, 5.74) is 1.44. The van der Waals surface area contributed by atoms with Gasteiger partial charge in [-0.3, -0.25) is 20.2 Å². The van der Waals surface area contributed by atoms with E-state index < -0.39 is 9.85 Å². The number of alkyl halides is 2. The lowest BCUT2D eigenvalue weighted by atomic mass is 10.1. The number of rotatable bonds is 6. The van der Waals surface area contributed by atoms with Crippen molar-refractivity contribution in [2.45, 2.75) is 11.8 Å². The van der Waals surface area contributed by atoms with Crippen LogP contribution in [0, 0.1) is 20.2 Å². The maximum Gasteiger partial charge on any atom is 0.270 e. The van der Waals surface area contributed by atoms with Gasteiger partial charge in [-0.15, -0.1) is 33.4 Å². The molecule has 0 amide bonds. The number of halogens is 2. The molecule has 0 spiro atoms. The number of benzene rings is 2. The summed E-state index contributed by atoms with van der Waals surface area (Å²) in [5, 5.41) is 29.9. The maximum atomic E-state index is 11.0. The minimum Gasteiger partial charge on any atom is -0.416 e. The van der Waals surface area contributed by atoms with E-state index in [2.05, 4.69) is 10.2 Å². The molecule has 3 rings (SSSR count). The Morgan fingerprint density at radius 3 is 1.56 bits per heavy atom. The molecular formula is C16H10Cl2N4O5. The molecule has 1 heterocycles. The maximum absolute atomic E-state index is 11.0. The summed E-state index contributed by atoms with van der Waals surface area (Å²) in [4.78, 5) is 20.9. The molecule has 9 nitrogen and oxygen atoms in total. The number of nitrogens with zero attached hydrogens (tertiary/aromatic N) is 4. The van der Waals surface area contributed by atoms with Crippen LogP contribution in [0.5, 0.6) is 0 Å². The molecule has 0 aliphatic heterocycles. The predicted molar refractivity (Wildman–Crippen MR) is 97.6 cm³/mol. The largest absolute Gasteiger partial charge is 0.416 e. The van der Waals surface area contributed by atoms with Gasteiger partial charge in [-0.1, -0.05) is 12.1 Å². The van der Waals surface area contributed by atoms with Gasteiger partial charge in [0.2, 0.25) is 11.8 Å². The zero-order valence-electron chi connectivity index (χ0n) is 13.5. The van der Waals surface area contributed by atoms with E-state index in [1.807, 2.05) is 0 Å². The van der Waals surface area contributed by atoms with Gasteiger partial charge in [-0.05, 0) is 11.1 Å². The second kappa shape index (κ2) is 7.68. The molecule has 138 valence electrons. The lowest BCUT2D eigenvalue weighted by Crippen LogP contribution is -1.92. The Labute approximate surface area is 161 Å². The molecule has 0 bridgehead atoms. The van der Waals surface area contributed by atoms with Crippen LogP contribution in [-0.4, -0.2) is 20.0 Å². The Balaban J connectivity index is 2.11. The lowest BCUT2D eigenvalue weighted by Gasteiger charge is -2.04. The third kappa shape index (κ3) is 3.74. The number of hydrogen-bond donors (Lipinski definition) is 0. The highest BCUT2D eigenvalue weighted by atomic mass is 35.5. The molecule has 27 heavy (non-hydrogen) atoms. The standard InChI is InChI=1S/C16H10Cl2N4O5/c17-7-9-1-3-11(21(23)24)5-13(9)15-19-20-16(27-15)14-6-12(22(25)26)4-2-10(14)8-18/h1-6H,7-8H2. The highest BCUT2D eigenvalue weighted by Gasteiger charge is 2.20.